The lowest BCUT2D eigenvalue weighted by Gasteiger charge is -2.47. The molecule has 1 aromatic carbocycles. The molecule has 2 fully saturated rings. The van der Waals surface area contributed by atoms with E-state index in [2.05, 4.69) is 4.98 Å². The number of rotatable bonds is 2. The predicted molar refractivity (Wildman–Crippen MR) is 75.3 cm³/mol. The first-order chi connectivity index (χ1) is 9.67. The second-order valence-electron chi connectivity index (χ2n) is 5.91. The molecule has 1 saturated carbocycles. The lowest BCUT2D eigenvalue weighted by atomic mass is 9.88. The Hall–Kier alpha value is -1.94. The van der Waals surface area contributed by atoms with Crippen LogP contribution in [0, 0.1) is 5.92 Å². The maximum absolute atomic E-state index is 12.6. The van der Waals surface area contributed by atoms with Gasteiger partial charge in [0.15, 0.2) is 0 Å². The van der Waals surface area contributed by atoms with Crippen LogP contribution in [0.2, 0.25) is 0 Å². The van der Waals surface area contributed by atoms with Gasteiger partial charge in [-0.25, -0.2) is 0 Å². The molecule has 0 bridgehead atoms. The van der Waals surface area contributed by atoms with Crippen molar-refractivity contribution in [1.29, 1.82) is 0 Å². The fraction of sp³-hybridized carbons (Fsp3) is 0.375. The Kier molecular flexibility index (Phi) is 2.39. The Morgan fingerprint density at radius 1 is 1.25 bits per heavy atom. The number of likely N-dealkylation sites (tertiary alicyclic amines) is 1. The predicted octanol–water partition coefficient (Wildman–Crippen LogP) is 1.83. The van der Waals surface area contributed by atoms with Crippen molar-refractivity contribution in [3.63, 3.8) is 0 Å². The summed E-state index contributed by atoms with van der Waals surface area (Å²) in [7, 11) is 0. The van der Waals surface area contributed by atoms with Gasteiger partial charge in [0, 0.05) is 11.6 Å². The fourth-order valence-corrected chi connectivity index (χ4v) is 3.09. The van der Waals surface area contributed by atoms with Crippen molar-refractivity contribution in [3.8, 4) is 0 Å². The largest absolute Gasteiger partial charge is 0.386 e. The molecule has 20 heavy (non-hydrogen) atoms. The lowest BCUT2D eigenvalue weighted by molar-refractivity contribution is -0.0957. The number of aromatic nitrogens is 1. The zero-order valence-corrected chi connectivity index (χ0v) is 11.1. The summed E-state index contributed by atoms with van der Waals surface area (Å²) in [6.45, 7) is 0.931. The van der Waals surface area contributed by atoms with Crippen LogP contribution in [-0.2, 0) is 0 Å². The van der Waals surface area contributed by atoms with Crippen LogP contribution in [-0.4, -0.2) is 39.6 Å². The number of aliphatic hydroxyl groups is 1. The number of carbonyl (C=O) groups excluding carboxylic acids is 1. The maximum Gasteiger partial charge on any atom is 0.254 e. The fourth-order valence-electron chi connectivity index (χ4n) is 3.09. The van der Waals surface area contributed by atoms with Crippen LogP contribution in [0.4, 0.5) is 0 Å². The van der Waals surface area contributed by atoms with E-state index in [1.165, 1.54) is 0 Å². The van der Waals surface area contributed by atoms with Crippen LogP contribution in [0.25, 0.3) is 10.9 Å². The van der Waals surface area contributed by atoms with Crippen molar-refractivity contribution in [2.45, 2.75) is 18.4 Å². The summed E-state index contributed by atoms with van der Waals surface area (Å²) in [5.74, 6) is 0.398. The second kappa shape index (κ2) is 4.03. The van der Waals surface area contributed by atoms with E-state index in [9.17, 15) is 9.90 Å². The van der Waals surface area contributed by atoms with Crippen LogP contribution in [0.5, 0.6) is 0 Å². The van der Waals surface area contributed by atoms with Crippen LogP contribution >= 0.6 is 0 Å². The molecule has 0 unspecified atom stereocenters. The number of β-amino-alcohol motifs (C(OH)–C–C–N with tert-alkyl or cyclic N) is 1. The highest BCUT2D eigenvalue weighted by Crippen LogP contribution is 2.44. The van der Waals surface area contributed by atoms with Gasteiger partial charge in [-0.15, -0.1) is 0 Å². The Labute approximate surface area is 117 Å². The highest BCUT2D eigenvalue weighted by atomic mass is 16.3. The van der Waals surface area contributed by atoms with E-state index in [-0.39, 0.29) is 5.91 Å². The molecule has 1 saturated heterocycles. The number of hydrogen-bond acceptors (Lipinski definition) is 3. The molecular formula is C16H16N2O2. The van der Waals surface area contributed by atoms with Gasteiger partial charge in [0.2, 0.25) is 0 Å². The zero-order chi connectivity index (χ0) is 13.7. The van der Waals surface area contributed by atoms with Gasteiger partial charge in [0.1, 0.15) is 5.60 Å². The van der Waals surface area contributed by atoms with Gasteiger partial charge in [-0.05, 0) is 30.9 Å². The molecule has 102 valence electrons. The molecule has 0 atom stereocenters. The number of carbonyl (C=O) groups is 1. The first-order valence-corrected chi connectivity index (χ1v) is 7.03. The molecule has 2 heterocycles. The van der Waals surface area contributed by atoms with E-state index < -0.39 is 5.60 Å². The second-order valence-corrected chi connectivity index (χ2v) is 5.91. The lowest BCUT2D eigenvalue weighted by Crippen LogP contribution is -2.64. The van der Waals surface area contributed by atoms with Crippen molar-refractivity contribution in [1.82, 2.24) is 9.88 Å². The van der Waals surface area contributed by atoms with Crippen molar-refractivity contribution in [2.24, 2.45) is 5.92 Å². The third kappa shape index (κ3) is 1.72. The quantitative estimate of drug-likeness (QED) is 0.904. The third-order valence-electron chi connectivity index (χ3n) is 4.43. The Morgan fingerprint density at radius 2 is 2.00 bits per heavy atom. The number of para-hydroxylation sites is 1. The Balaban J connectivity index is 1.62. The molecule has 1 aliphatic carbocycles. The number of benzene rings is 1. The Morgan fingerprint density at radius 3 is 2.75 bits per heavy atom. The summed E-state index contributed by atoms with van der Waals surface area (Å²) in [5, 5.41) is 11.2. The van der Waals surface area contributed by atoms with Gasteiger partial charge in [-0.3, -0.25) is 9.78 Å². The van der Waals surface area contributed by atoms with Crippen LogP contribution < -0.4 is 0 Å². The van der Waals surface area contributed by atoms with Gasteiger partial charge in [0.25, 0.3) is 5.91 Å². The highest BCUT2D eigenvalue weighted by molar-refractivity contribution is 6.06. The first kappa shape index (κ1) is 11.9. The normalized spacial score (nSPS) is 20.8. The summed E-state index contributed by atoms with van der Waals surface area (Å²) in [5.41, 5.74) is 0.878. The van der Waals surface area contributed by atoms with Crippen LogP contribution in [0.3, 0.4) is 0 Å². The molecule has 1 amide bonds. The number of pyridine rings is 1. The molecule has 4 heteroatoms. The minimum Gasteiger partial charge on any atom is -0.386 e. The number of nitrogens with zero attached hydrogens (tertiary/aromatic N) is 2. The average molecular weight is 268 g/mol. The molecule has 0 radical (unpaired) electrons. The van der Waals surface area contributed by atoms with Crippen molar-refractivity contribution >= 4 is 16.8 Å². The standard InChI is InChI=1S/C16H16N2O2/c19-15(18-9-16(20,10-18)11-5-6-11)13-7-8-17-14-4-2-1-3-12(13)14/h1-4,7-8,11,20H,5-6,9-10H2. The number of fused-ring (bicyclic) bond motifs is 1. The third-order valence-corrected chi connectivity index (χ3v) is 4.43. The average Bonchev–Trinajstić information content (AvgIpc) is 3.27. The van der Waals surface area contributed by atoms with Crippen LogP contribution in [0.1, 0.15) is 23.2 Å². The van der Waals surface area contributed by atoms with Crippen molar-refractivity contribution in [2.75, 3.05) is 13.1 Å². The van der Waals surface area contributed by atoms with E-state index in [1.54, 1.807) is 17.2 Å². The number of hydrogen-bond donors (Lipinski definition) is 1. The van der Waals surface area contributed by atoms with Gasteiger partial charge >= 0.3 is 0 Å². The van der Waals surface area contributed by atoms with Crippen molar-refractivity contribution < 1.29 is 9.90 Å². The molecule has 1 N–H and O–H groups in total. The molecule has 0 spiro atoms. The molecule has 1 aliphatic heterocycles. The first-order valence-electron chi connectivity index (χ1n) is 7.03. The molecular weight excluding hydrogens is 252 g/mol. The SMILES string of the molecule is O=C(c1ccnc2ccccc12)N1CC(O)(C2CC2)C1. The van der Waals surface area contributed by atoms with E-state index >= 15 is 0 Å². The van der Waals surface area contributed by atoms with E-state index in [0.29, 0.717) is 24.6 Å². The Bertz CT molecular complexity index is 682. The smallest absolute Gasteiger partial charge is 0.254 e. The van der Waals surface area contributed by atoms with Gasteiger partial charge in [-0.1, -0.05) is 18.2 Å². The molecule has 1 aromatic heterocycles. The summed E-state index contributed by atoms with van der Waals surface area (Å²) in [6, 6.07) is 9.42. The minimum atomic E-state index is -0.626. The molecule has 2 aromatic rings. The summed E-state index contributed by atoms with van der Waals surface area (Å²) < 4.78 is 0. The zero-order valence-electron chi connectivity index (χ0n) is 11.1. The maximum atomic E-state index is 12.6. The highest BCUT2D eigenvalue weighted by Gasteiger charge is 2.53. The van der Waals surface area contributed by atoms with Gasteiger partial charge in [-0.2, -0.15) is 0 Å². The molecule has 4 rings (SSSR count). The molecule has 2 aliphatic rings. The topological polar surface area (TPSA) is 53.4 Å². The summed E-state index contributed by atoms with van der Waals surface area (Å²) >= 11 is 0. The van der Waals surface area contributed by atoms with E-state index in [4.69, 9.17) is 0 Å². The molecule has 4 nitrogen and oxygen atoms in total. The minimum absolute atomic E-state index is 0.00562. The van der Waals surface area contributed by atoms with Gasteiger partial charge < -0.3 is 10.0 Å². The van der Waals surface area contributed by atoms with Crippen LogP contribution in [0.15, 0.2) is 36.5 Å². The monoisotopic (exact) mass is 268 g/mol. The van der Waals surface area contributed by atoms with Crippen molar-refractivity contribution in [3.05, 3.63) is 42.1 Å². The summed E-state index contributed by atoms with van der Waals surface area (Å²) in [4.78, 5) is 18.6. The summed E-state index contributed by atoms with van der Waals surface area (Å²) in [6.07, 6.45) is 3.86. The number of amides is 1. The van der Waals surface area contributed by atoms with E-state index in [1.807, 2.05) is 24.3 Å². The van der Waals surface area contributed by atoms with Gasteiger partial charge in [0.05, 0.1) is 24.2 Å². The van der Waals surface area contributed by atoms with E-state index in [0.717, 1.165) is 23.7 Å².